The summed E-state index contributed by atoms with van der Waals surface area (Å²) in [6, 6.07) is 5.32. The smallest absolute Gasteiger partial charge is 0.333 e. The van der Waals surface area contributed by atoms with Gasteiger partial charge in [-0.25, -0.2) is 13.9 Å². The molecule has 2 aromatic heterocycles. The highest BCUT2D eigenvalue weighted by molar-refractivity contribution is 5.61. The van der Waals surface area contributed by atoms with E-state index >= 15 is 0 Å². The first-order valence-corrected chi connectivity index (χ1v) is 7.78. The molecular formula is C16H14FN5O3. The highest BCUT2D eigenvalue weighted by Crippen LogP contribution is 2.39. The summed E-state index contributed by atoms with van der Waals surface area (Å²) in [6.07, 6.45) is 4.33. The van der Waals surface area contributed by atoms with Gasteiger partial charge in [-0.15, -0.1) is 0 Å². The molecule has 0 spiro atoms. The van der Waals surface area contributed by atoms with E-state index in [2.05, 4.69) is 10.1 Å². The third-order valence-electron chi connectivity index (χ3n) is 4.43. The van der Waals surface area contributed by atoms with Crippen LogP contribution in [0.3, 0.4) is 0 Å². The molecule has 1 saturated heterocycles. The maximum absolute atomic E-state index is 13.6. The zero-order valence-corrected chi connectivity index (χ0v) is 13.0. The number of fused-ring (bicyclic) bond motifs is 1. The molecule has 1 aliphatic rings. The van der Waals surface area contributed by atoms with Crippen LogP contribution in [0, 0.1) is 15.9 Å². The van der Waals surface area contributed by atoms with Crippen molar-refractivity contribution in [3.63, 3.8) is 0 Å². The molecule has 25 heavy (non-hydrogen) atoms. The van der Waals surface area contributed by atoms with Gasteiger partial charge in [0, 0.05) is 18.3 Å². The molecule has 4 rings (SSSR count). The van der Waals surface area contributed by atoms with Crippen molar-refractivity contribution in [3.8, 4) is 5.75 Å². The van der Waals surface area contributed by atoms with Crippen molar-refractivity contribution in [2.24, 2.45) is 0 Å². The zero-order chi connectivity index (χ0) is 17.6. The Balaban J connectivity index is 1.77. The first kappa shape index (κ1) is 15.3. The standard InChI is InChI=1S/C16H14FN5O3/c17-10-3-4-14(23)11(8-10)12-2-1-6-20(12)15-5-7-21-16(19-15)13(9-18-21)22(24)25/h3-5,7-9,12,23H,1-2,6H2/t12-/m1/s1. The van der Waals surface area contributed by atoms with Gasteiger partial charge in [0.15, 0.2) is 0 Å². The molecule has 0 saturated carbocycles. The zero-order valence-electron chi connectivity index (χ0n) is 13.0. The molecule has 0 amide bonds. The predicted molar refractivity (Wildman–Crippen MR) is 87.0 cm³/mol. The Morgan fingerprint density at radius 3 is 3.00 bits per heavy atom. The first-order chi connectivity index (χ1) is 12.0. The minimum absolute atomic E-state index is 0.0229. The number of anilines is 1. The molecule has 1 aliphatic heterocycles. The van der Waals surface area contributed by atoms with E-state index in [0.717, 1.165) is 19.0 Å². The number of nitrogens with zero attached hydrogens (tertiary/aromatic N) is 5. The van der Waals surface area contributed by atoms with E-state index in [1.807, 2.05) is 4.90 Å². The Morgan fingerprint density at radius 1 is 1.36 bits per heavy atom. The topological polar surface area (TPSA) is 96.8 Å². The molecule has 1 N–H and O–H groups in total. The Hall–Kier alpha value is -3.23. The number of phenolic OH excluding ortho intramolecular Hbond substituents is 1. The number of halogens is 1. The van der Waals surface area contributed by atoms with E-state index in [1.165, 1.54) is 22.7 Å². The molecule has 3 heterocycles. The van der Waals surface area contributed by atoms with E-state index in [9.17, 15) is 19.6 Å². The van der Waals surface area contributed by atoms with Crippen LogP contribution in [0.2, 0.25) is 0 Å². The van der Waals surface area contributed by atoms with E-state index in [1.54, 1.807) is 12.3 Å². The van der Waals surface area contributed by atoms with Gasteiger partial charge < -0.3 is 10.0 Å². The fraction of sp³-hybridized carbons (Fsp3) is 0.250. The van der Waals surface area contributed by atoms with Crippen LogP contribution in [0.4, 0.5) is 15.9 Å². The average molecular weight is 343 g/mol. The fourth-order valence-electron chi connectivity index (χ4n) is 3.29. The van der Waals surface area contributed by atoms with Crippen LogP contribution in [0.1, 0.15) is 24.4 Å². The minimum atomic E-state index is -0.529. The van der Waals surface area contributed by atoms with E-state index in [4.69, 9.17) is 0 Å². The highest BCUT2D eigenvalue weighted by atomic mass is 19.1. The second kappa shape index (κ2) is 5.69. The summed E-state index contributed by atoms with van der Waals surface area (Å²) < 4.78 is 14.9. The van der Waals surface area contributed by atoms with Gasteiger partial charge in [0.1, 0.15) is 23.6 Å². The van der Waals surface area contributed by atoms with E-state index < -0.39 is 10.7 Å². The van der Waals surface area contributed by atoms with Crippen molar-refractivity contribution in [1.82, 2.24) is 14.6 Å². The fourth-order valence-corrected chi connectivity index (χ4v) is 3.29. The monoisotopic (exact) mass is 343 g/mol. The van der Waals surface area contributed by atoms with Gasteiger partial charge in [0.25, 0.3) is 0 Å². The number of rotatable bonds is 3. The van der Waals surface area contributed by atoms with E-state index in [-0.39, 0.29) is 23.1 Å². The summed E-state index contributed by atoms with van der Waals surface area (Å²) in [6.45, 7) is 0.658. The van der Waals surface area contributed by atoms with Gasteiger partial charge in [-0.1, -0.05) is 0 Å². The van der Waals surface area contributed by atoms with Crippen LogP contribution < -0.4 is 4.90 Å². The van der Waals surface area contributed by atoms with Crippen molar-refractivity contribution < 1.29 is 14.4 Å². The Morgan fingerprint density at radius 2 is 2.20 bits per heavy atom. The lowest BCUT2D eigenvalue weighted by molar-refractivity contribution is -0.383. The summed E-state index contributed by atoms with van der Waals surface area (Å²) in [5.74, 6) is 0.131. The summed E-state index contributed by atoms with van der Waals surface area (Å²) >= 11 is 0. The third-order valence-corrected chi connectivity index (χ3v) is 4.43. The Kier molecular flexibility index (Phi) is 3.48. The van der Waals surface area contributed by atoms with Gasteiger partial charge in [0.2, 0.25) is 5.65 Å². The number of phenols is 1. The van der Waals surface area contributed by atoms with Crippen LogP contribution >= 0.6 is 0 Å². The molecule has 8 nitrogen and oxygen atoms in total. The van der Waals surface area contributed by atoms with Crippen molar-refractivity contribution in [2.45, 2.75) is 18.9 Å². The minimum Gasteiger partial charge on any atom is -0.508 e. The third kappa shape index (κ3) is 2.53. The summed E-state index contributed by atoms with van der Waals surface area (Å²) in [5.41, 5.74) is 0.463. The quantitative estimate of drug-likeness (QED) is 0.580. The summed E-state index contributed by atoms with van der Waals surface area (Å²) in [7, 11) is 0. The molecule has 9 heteroatoms. The van der Waals surface area contributed by atoms with Crippen LogP contribution in [-0.4, -0.2) is 31.2 Å². The van der Waals surface area contributed by atoms with Crippen molar-refractivity contribution in [3.05, 3.63) is 58.2 Å². The van der Waals surface area contributed by atoms with Crippen molar-refractivity contribution in [1.29, 1.82) is 0 Å². The molecule has 1 atom stereocenters. The molecule has 0 aliphatic carbocycles. The van der Waals surface area contributed by atoms with Gasteiger partial charge in [-0.2, -0.15) is 5.10 Å². The van der Waals surface area contributed by atoms with Gasteiger partial charge in [-0.05, 0) is 37.1 Å². The predicted octanol–water partition coefficient (Wildman–Crippen LogP) is 2.82. The molecular weight excluding hydrogens is 329 g/mol. The molecule has 3 aromatic rings. The Bertz CT molecular complexity index is 974. The lowest BCUT2D eigenvalue weighted by Gasteiger charge is -2.26. The molecule has 0 radical (unpaired) electrons. The molecule has 0 bridgehead atoms. The van der Waals surface area contributed by atoms with Crippen LogP contribution in [0.25, 0.3) is 5.65 Å². The van der Waals surface area contributed by atoms with Crippen LogP contribution in [0.5, 0.6) is 5.75 Å². The molecule has 0 unspecified atom stereocenters. The van der Waals surface area contributed by atoms with Crippen LogP contribution in [0.15, 0.2) is 36.7 Å². The first-order valence-electron chi connectivity index (χ1n) is 7.78. The second-order valence-corrected chi connectivity index (χ2v) is 5.90. The maximum atomic E-state index is 13.6. The van der Waals surface area contributed by atoms with Gasteiger partial charge in [0.05, 0.1) is 11.0 Å². The van der Waals surface area contributed by atoms with Gasteiger partial charge >= 0.3 is 5.69 Å². The maximum Gasteiger partial charge on any atom is 0.333 e. The van der Waals surface area contributed by atoms with Crippen molar-refractivity contribution in [2.75, 3.05) is 11.4 Å². The van der Waals surface area contributed by atoms with Crippen molar-refractivity contribution >= 4 is 17.2 Å². The number of aromatic nitrogens is 3. The van der Waals surface area contributed by atoms with Gasteiger partial charge in [-0.3, -0.25) is 10.1 Å². The molecule has 1 fully saturated rings. The molecule has 128 valence electrons. The van der Waals surface area contributed by atoms with E-state index in [0.29, 0.717) is 17.9 Å². The largest absolute Gasteiger partial charge is 0.508 e. The number of aromatic hydroxyl groups is 1. The normalized spacial score (nSPS) is 17.3. The molecule has 1 aromatic carbocycles. The highest BCUT2D eigenvalue weighted by Gasteiger charge is 2.30. The average Bonchev–Trinajstić information content (AvgIpc) is 3.22. The SMILES string of the molecule is O=[N+]([O-])c1cnn2ccc(N3CCC[C@@H]3c3cc(F)ccc3O)nc12. The number of hydrogen-bond donors (Lipinski definition) is 1. The van der Waals surface area contributed by atoms with Crippen LogP contribution in [-0.2, 0) is 0 Å². The Labute approximate surface area is 141 Å². The number of hydrogen-bond acceptors (Lipinski definition) is 6. The summed E-state index contributed by atoms with van der Waals surface area (Å²) in [5, 5.41) is 25.1. The number of nitro groups is 1. The summed E-state index contributed by atoms with van der Waals surface area (Å²) in [4.78, 5) is 16.9. The second-order valence-electron chi connectivity index (χ2n) is 5.90. The lowest BCUT2D eigenvalue weighted by atomic mass is 10.0. The lowest BCUT2D eigenvalue weighted by Crippen LogP contribution is -2.24. The number of benzene rings is 1.